The van der Waals surface area contributed by atoms with Crippen molar-refractivity contribution in [3.63, 3.8) is 0 Å². The van der Waals surface area contributed by atoms with Crippen LogP contribution in [-0.2, 0) is 6.54 Å². The lowest BCUT2D eigenvalue weighted by Crippen LogP contribution is -2.04. The molecule has 0 saturated heterocycles. The van der Waals surface area contributed by atoms with Crippen molar-refractivity contribution < 1.29 is 14.4 Å². The number of carboxylic acids is 1. The number of aromatic carboxylic acids is 1. The lowest BCUT2D eigenvalue weighted by atomic mass is 10.2. The van der Waals surface area contributed by atoms with E-state index in [9.17, 15) is 4.79 Å². The average Bonchev–Trinajstić information content (AvgIpc) is 2.67. The second-order valence-electron chi connectivity index (χ2n) is 3.89. The Balaban J connectivity index is 2.04. The smallest absolute Gasteiger partial charge is 0.337 e. The van der Waals surface area contributed by atoms with Crippen LogP contribution in [0.25, 0.3) is 0 Å². The van der Waals surface area contributed by atoms with Gasteiger partial charge in [0.05, 0.1) is 11.3 Å². The van der Waals surface area contributed by atoms with Crippen LogP contribution in [0.4, 0.5) is 5.82 Å². The van der Waals surface area contributed by atoms with Gasteiger partial charge in [-0.25, -0.2) is 9.78 Å². The van der Waals surface area contributed by atoms with Gasteiger partial charge in [-0.1, -0.05) is 5.16 Å². The Morgan fingerprint density at radius 2 is 2.22 bits per heavy atom. The molecule has 6 nitrogen and oxygen atoms in total. The number of hydrogen-bond acceptors (Lipinski definition) is 5. The number of rotatable bonds is 4. The highest BCUT2D eigenvalue weighted by atomic mass is 16.5. The number of aryl methyl sites for hydroxylation is 2. The lowest BCUT2D eigenvalue weighted by molar-refractivity contribution is 0.0696. The molecule has 0 spiro atoms. The number of aromatic nitrogens is 2. The Bertz CT molecular complexity index is 541. The van der Waals surface area contributed by atoms with Crippen molar-refractivity contribution in [3.05, 3.63) is 40.9 Å². The summed E-state index contributed by atoms with van der Waals surface area (Å²) in [6.45, 7) is 4.26. The van der Waals surface area contributed by atoms with Crippen LogP contribution in [0.5, 0.6) is 0 Å². The predicted molar refractivity (Wildman–Crippen MR) is 64.5 cm³/mol. The maximum absolute atomic E-state index is 10.7. The largest absolute Gasteiger partial charge is 0.478 e. The number of anilines is 1. The fraction of sp³-hybridized carbons (Fsp3) is 0.250. The first kappa shape index (κ1) is 12.1. The Hall–Kier alpha value is -2.37. The molecule has 2 heterocycles. The van der Waals surface area contributed by atoms with Gasteiger partial charge in [0.1, 0.15) is 11.6 Å². The standard InChI is InChI=1S/C12H13N3O3/c1-7-10(8(2)18-15-7)6-14-11-4-3-9(5-13-11)12(16)17/h3-5H,6H2,1-2H3,(H,13,14)(H,16,17). The van der Waals surface area contributed by atoms with Crippen LogP contribution in [0.2, 0.25) is 0 Å². The highest BCUT2D eigenvalue weighted by molar-refractivity contribution is 5.87. The molecule has 2 N–H and O–H groups in total. The molecule has 0 saturated carbocycles. The van der Waals surface area contributed by atoms with Gasteiger partial charge in [0, 0.05) is 18.3 Å². The molecule has 2 rings (SSSR count). The van der Waals surface area contributed by atoms with Gasteiger partial charge in [-0.2, -0.15) is 0 Å². The molecule has 6 heteroatoms. The van der Waals surface area contributed by atoms with Crippen molar-refractivity contribution in [3.8, 4) is 0 Å². The molecule has 0 amide bonds. The monoisotopic (exact) mass is 247 g/mol. The zero-order valence-corrected chi connectivity index (χ0v) is 10.1. The maximum Gasteiger partial charge on any atom is 0.337 e. The molecule has 0 unspecified atom stereocenters. The zero-order valence-electron chi connectivity index (χ0n) is 10.1. The molecule has 94 valence electrons. The van der Waals surface area contributed by atoms with Gasteiger partial charge in [0.2, 0.25) is 0 Å². The second kappa shape index (κ2) is 4.87. The van der Waals surface area contributed by atoms with Gasteiger partial charge in [-0.3, -0.25) is 0 Å². The summed E-state index contributed by atoms with van der Waals surface area (Å²) in [6, 6.07) is 3.13. The van der Waals surface area contributed by atoms with Gasteiger partial charge >= 0.3 is 5.97 Å². The highest BCUT2D eigenvalue weighted by Crippen LogP contribution is 2.14. The van der Waals surface area contributed by atoms with E-state index in [-0.39, 0.29) is 5.56 Å². The summed E-state index contributed by atoms with van der Waals surface area (Å²) >= 11 is 0. The molecule has 2 aromatic heterocycles. The van der Waals surface area contributed by atoms with E-state index in [0.717, 1.165) is 17.0 Å². The van der Waals surface area contributed by atoms with Gasteiger partial charge < -0.3 is 14.9 Å². The summed E-state index contributed by atoms with van der Waals surface area (Å²) in [7, 11) is 0. The normalized spacial score (nSPS) is 10.3. The SMILES string of the molecule is Cc1noc(C)c1CNc1ccc(C(=O)O)cn1. The number of hydrogen-bond donors (Lipinski definition) is 2. The molecule has 18 heavy (non-hydrogen) atoms. The third kappa shape index (κ3) is 2.48. The van der Waals surface area contributed by atoms with Crippen LogP contribution in [0, 0.1) is 13.8 Å². The van der Waals surface area contributed by atoms with Crippen molar-refractivity contribution in [1.82, 2.24) is 10.1 Å². The fourth-order valence-corrected chi connectivity index (χ4v) is 1.56. The van der Waals surface area contributed by atoms with Crippen LogP contribution in [0.15, 0.2) is 22.9 Å². The average molecular weight is 247 g/mol. The van der Waals surface area contributed by atoms with E-state index in [1.165, 1.54) is 12.3 Å². The first-order valence-corrected chi connectivity index (χ1v) is 5.43. The number of nitrogens with one attached hydrogen (secondary N) is 1. The number of carboxylic acid groups (broad SMARTS) is 1. The Kier molecular flexibility index (Phi) is 3.27. The van der Waals surface area contributed by atoms with Crippen LogP contribution < -0.4 is 5.32 Å². The molecule has 0 aliphatic heterocycles. The lowest BCUT2D eigenvalue weighted by Gasteiger charge is -2.05. The summed E-state index contributed by atoms with van der Waals surface area (Å²) in [5, 5.41) is 15.7. The molecule has 2 aromatic rings. The quantitative estimate of drug-likeness (QED) is 0.859. The van der Waals surface area contributed by atoms with Crippen molar-refractivity contribution in [2.45, 2.75) is 20.4 Å². The summed E-state index contributed by atoms with van der Waals surface area (Å²) < 4.78 is 5.05. The number of carbonyl (C=O) groups is 1. The van der Waals surface area contributed by atoms with Crippen molar-refractivity contribution in [2.75, 3.05) is 5.32 Å². The highest BCUT2D eigenvalue weighted by Gasteiger charge is 2.09. The number of pyridine rings is 1. The first-order chi connectivity index (χ1) is 8.58. The van der Waals surface area contributed by atoms with E-state index in [2.05, 4.69) is 15.5 Å². The summed E-state index contributed by atoms with van der Waals surface area (Å²) in [6.07, 6.45) is 1.32. The van der Waals surface area contributed by atoms with Crippen molar-refractivity contribution in [2.24, 2.45) is 0 Å². The maximum atomic E-state index is 10.7. The van der Waals surface area contributed by atoms with Crippen LogP contribution in [0.1, 0.15) is 27.4 Å². The van der Waals surface area contributed by atoms with E-state index in [4.69, 9.17) is 9.63 Å². The van der Waals surface area contributed by atoms with E-state index in [0.29, 0.717) is 12.4 Å². The van der Waals surface area contributed by atoms with Crippen LogP contribution >= 0.6 is 0 Å². The molecule has 0 fully saturated rings. The predicted octanol–water partition coefficient (Wildman–Crippen LogP) is 2.00. The minimum atomic E-state index is -0.986. The first-order valence-electron chi connectivity index (χ1n) is 5.43. The molecular formula is C12H13N3O3. The topological polar surface area (TPSA) is 88.2 Å². The third-order valence-corrected chi connectivity index (χ3v) is 2.64. The minimum absolute atomic E-state index is 0.165. The van der Waals surface area contributed by atoms with Gasteiger partial charge in [-0.15, -0.1) is 0 Å². The molecule has 0 radical (unpaired) electrons. The number of nitrogens with zero attached hydrogens (tertiary/aromatic N) is 2. The van der Waals surface area contributed by atoms with Crippen LogP contribution in [-0.4, -0.2) is 21.2 Å². The second-order valence-corrected chi connectivity index (χ2v) is 3.89. The van der Waals surface area contributed by atoms with E-state index >= 15 is 0 Å². The zero-order chi connectivity index (χ0) is 13.1. The fourth-order valence-electron chi connectivity index (χ4n) is 1.56. The molecular weight excluding hydrogens is 234 g/mol. The molecule has 0 aliphatic rings. The molecule has 0 aromatic carbocycles. The van der Waals surface area contributed by atoms with E-state index in [1.807, 2.05) is 13.8 Å². The summed E-state index contributed by atoms with van der Waals surface area (Å²) in [4.78, 5) is 14.7. The van der Waals surface area contributed by atoms with Crippen molar-refractivity contribution >= 4 is 11.8 Å². The van der Waals surface area contributed by atoms with E-state index in [1.54, 1.807) is 6.07 Å². The Labute approximate surface area is 104 Å². The van der Waals surface area contributed by atoms with E-state index < -0.39 is 5.97 Å². The van der Waals surface area contributed by atoms with Gasteiger partial charge in [-0.05, 0) is 26.0 Å². The Morgan fingerprint density at radius 3 is 2.72 bits per heavy atom. The third-order valence-electron chi connectivity index (χ3n) is 2.64. The molecule has 0 atom stereocenters. The van der Waals surface area contributed by atoms with Crippen molar-refractivity contribution in [1.29, 1.82) is 0 Å². The Morgan fingerprint density at radius 1 is 1.44 bits per heavy atom. The minimum Gasteiger partial charge on any atom is -0.478 e. The van der Waals surface area contributed by atoms with Crippen LogP contribution in [0.3, 0.4) is 0 Å². The molecule has 0 aliphatic carbocycles. The molecule has 0 bridgehead atoms. The van der Waals surface area contributed by atoms with Gasteiger partial charge in [0.15, 0.2) is 0 Å². The van der Waals surface area contributed by atoms with Gasteiger partial charge in [0.25, 0.3) is 0 Å². The summed E-state index contributed by atoms with van der Waals surface area (Å²) in [5.41, 5.74) is 1.99. The summed E-state index contributed by atoms with van der Waals surface area (Å²) in [5.74, 6) is 0.391.